The van der Waals surface area contributed by atoms with E-state index in [9.17, 15) is 13.2 Å². The molecule has 2 saturated heterocycles. The van der Waals surface area contributed by atoms with Crippen molar-refractivity contribution in [3.63, 3.8) is 0 Å². The van der Waals surface area contributed by atoms with E-state index in [2.05, 4.69) is 5.10 Å². The number of aromatic nitrogens is 2. The van der Waals surface area contributed by atoms with Gasteiger partial charge in [-0.25, -0.2) is 0 Å². The van der Waals surface area contributed by atoms with E-state index in [1.165, 1.54) is 4.31 Å². The number of aryl methyl sites for hydroxylation is 1. The maximum absolute atomic E-state index is 12.9. The van der Waals surface area contributed by atoms with E-state index >= 15 is 0 Å². The van der Waals surface area contributed by atoms with Gasteiger partial charge >= 0.3 is 0 Å². The fraction of sp³-hybridized carbons (Fsp3) is 0.789. The molecule has 3 rings (SSSR count). The zero-order chi connectivity index (χ0) is 21.0. The molecule has 1 aromatic rings. The Kier molecular flexibility index (Phi) is 7.31. The molecule has 2 fully saturated rings. The predicted octanol–water partition coefficient (Wildman–Crippen LogP) is 0.734. The van der Waals surface area contributed by atoms with E-state index in [-0.39, 0.29) is 5.91 Å². The molecular weight excluding hydrogens is 394 g/mol. The van der Waals surface area contributed by atoms with E-state index < -0.39 is 10.2 Å². The number of hydrogen-bond donors (Lipinski definition) is 0. The Morgan fingerprint density at radius 3 is 2.38 bits per heavy atom. The van der Waals surface area contributed by atoms with Gasteiger partial charge in [-0.15, -0.1) is 0 Å². The summed E-state index contributed by atoms with van der Waals surface area (Å²) < 4.78 is 35.6. The Labute approximate surface area is 173 Å². The lowest BCUT2D eigenvalue weighted by Crippen LogP contribution is -2.47. The third kappa shape index (κ3) is 4.99. The van der Waals surface area contributed by atoms with Gasteiger partial charge < -0.3 is 9.64 Å². The van der Waals surface area contributed by atoms with Crippen molar-refractivity contribution in [2.45, 2.75) is 33.1 Å². The highest BCUT2D eigenvalue weighted by molar-refractivity contribution is 7.86. The topological polar surface area (TPSA) is 88.0 Å². The maximum atomic E-state index is 12.9. The molecule has 1 aromatic heterocycles. The normalized spacial score (nSPS) is 19.8. The van der Waals surface area contributed by atoms with Crippen molar-refractivity contribution in [3.05, 3.63) is 17.5 Å². The van der Waals surface area contributed by atoms with Crippen molar-refractivity contribution < 1.29 is 17.9 Å². The molecule has 10 heteroatoms. The summed E-state index contributed by atoms with van der Waals surface area (Å²) in [5, 5.41) is 4.54. The molecule has 0 atom stereocenters. The molecule has 2 aliphatic heterocycles. The summed E-state index contributed by atoms with van der Waals surface area (Å²) in [6.07, 6.45) is 4.06. The van der Waals surface area contributed by atoms with Crippen LogP contribution >= 0.6 is 0 Å². The van der Waals surface area contributed by atoms with Crippen LogP contribution in [0.5, 0.6) is 0 Å². The number of nitrogens with zero attached hydrogens (tertiary/aromatic N) is 5. The summed E-state index contributed by atoms with van der Waals surface area (Å²) in [5.74, 6) is 0.335. The first-order valence-corrected chi connectivity index (χ1v) is 11.9. The highest BCUT2D eigenvalue weighted by Gasteiger charge is 2.32. The van der Waals surface area contributed by atoms with E-state index in [0.717, 1.165) is 18.5 Å². The number of carbonyl (C=O) groups excluding carboxylic acids is 1. The smallest absolute Gasteiger partial charge is 0.281 e. The van der Waals surface area contributed by atoms with Crippen LogP contribution in [0.4, 0.5) is 0 Å². The average Bonchev–Trinajstić information content (AvgIpc) is 3.09. The minimum atomic E-state index is -3.38. The van der Waals surface area contributed by atoms with Crippen LogP contribution in [0.2, 0.25) is 0 Å². The SMILES string of the molecule is CCN(CC)S(=O)(=O)N1CCC(Cc2nn(C)cc2C(=O)N2CCOCC2)CC1. The molecule has 0 N–H and O–H groups in total. The standard InChI is InChI=1S/C19H33N5O4S/c1-4-23(5-2)29(26,27)24-8-6-16(7-9-24)14-18-17(15-21(3)20-18)19(25)22-10-12-28-13-11-22/h15-16H,4-14H2,1-3H3. The minimum Gasteiger partial charge on any atom is -0.378 e. The Hall–Kier alpha value is -1.49. The largest absolute Gasteiger partial charge is 0.378 e. The number of morpholine rings is 1. The molecule has 0 saturated carbocycles. The van der Waals surface area contributed by atoms with Crippen molar-refractivity contribution in [3.8, 4) is 0 Å². The summed E-state index contributed by atoms with van der Waals surface area (Å²) in [6.45, 7) is 8.08. The molecular formula is C19H33N5O4S. The second-order valence-corrected chi connectivity index (χ2v) is 9.63. The van der Waals surface area contributed by atoms with Crippen molar-refractivity contribution in [1.82, 2.24) is 23.3 Å². The van der Waals surface area contributed by atoms with Gasteiger partial charge in [0.2, 0.25) is 0 Å². The second-order valence-electron chi connectivity index (χ2n) is 7.71. The first kappa shape index (κ1) is 22.2. The first-order chi connectivity index (χ1) is 13.9. The lowest BCUT2D eigenvalue weighted by molar-refractivity contribution is 0.0302. The third-order valence-corrected chi connectivity index (χ3v) is 8.03. The lowest BCUT2D eigenvalue weighted by Gasteiger charge is -2.34. The van der Waals surface area contributed by atoms with E-state index in [4.69, 9.17) is 4.74 Å². The fourth-order valence-electron chi connectivity index (χ4n) is 4.13. The molecule has 0 aromatic carbocycles. The van der Waals surface area contributed by atoms with Gasteiger partial charge in [0.25, 0.3) is 16.1 Å². The van der Waals surface area contributed by atoms with Gasteiger partial charge in [-0.1, -0.05) is 13.8 Å². The number of amides is 1. The van der Waals surface area contributed by atoms with Crippen molar-refractivity contribution in [2.24, 2.45) is 13.0 Å². The lowest BCUT2D eigenvalue weighted by atomic mass is 9.92. The van der Waals surface area contributed by atoms with Crippen LogP contribution in [0.3, 0.4) is 0 Å². The number of rotatable bonds is 7. The molecule has 1 amide bonds. The average molecular weight is 428 g/mol. The van der Waals surface area contributed by atoms with Crippen LogP contribution in [0.1, 0.15) is 42.7 Å². The predicted molar refractivity (Wildman–Crippen MR) is 110 cm³/mol. The molecule has 2 aliphatic rings. The van der Waals surface area contributed by atoms with Crippen molar-refractivity contribution >= 4 is 16.1 Å². The van der Waals surface area contributed by atoms with Gasteiger partial charge in [0.15, 0.2) is 0 Å². The van der Waals surface area contributed by atoms with Gasteiger partial charge in [0.1, 0.15) is 0 Å². The quantitative estimate of drug-likeness (QED) is 0.640. The van der Waals surface area contributed by atoms with Gasteiger partial charge in [0, 0.05) is 52.5 Å². The summed E-state index contributed by atoms with van der Waals surface area (Å²) >= 11 is 0. The van der Waals surface area contributed by atoms with Crippen LogP contribution < -0.4 is 0 Å². The van der Waals surface area contributed by atoms with Crippen LogP contribution in [0.15, 0.2) is 6.20 Å². The molecule has 0 spiro atoms. The van der Waals surface area contributed by atoms with E-state index in [1.807, 2.05) is 25.8 Å². The summed E-state index contributed by atoms with van der Waals surface area (Å²) in [6, 6.07) is 0. The zero-order valence-electron chi connectivity index (χ0n) is 17.7. The van der Waals surface area contributed by atoms with Crippen molar-refractivity contribution in [2.75, 3.05) is 52.5 Å². The first-order valence-electron chi connectivity index (χ1n) is 10.5. The number of carbonyl (C=O) groups is 1. The summed E-state index contributed by atoms with van der Waals surface area (Å²) in [4.78, 5) is 14.7. The van der Waals surface area contributed by atoms with Crippen LogP contribution in [0, 0.1) is 5.92 Å². The van der Waals surface area contributed by atoms with Crippen LogP contribution in [0.25, 0.3) is 0 Å². The number of piperidine rings is 1. The number of hydrogen-bond acceptors (Lipinski definition) is 5. The van der Waals surface area contributed by atoms with Gasteiger partial charge in [-0.05, 0) is 25.2 Å². The molecule has 0 radical (unpaired) electrons. The van der Waals surface area contributed by atoms with E-state index in [0.29, 0.717) is 70.4 Å². The number of ether oxygens (including phenoxy) is 1. The van der Waals surface area contributed by atoms with E-state index in [1.54, 1.807) is 15.2 Å². The van der Waals surface area contributed by atoms with Crippen LogP contribution in [-0.4, -0.2) is 90.1 Å². The Balaban J connectivity index is 1.63. The highest BCUT2D eigenvalue weighted by atomic mass is 32.2. The maximum Gasteiger partial charge on any atom is 0.281 e. The fourth-order valence-corrected chi connectivity index (χ4v) is 5.78. The molecule has 0 aliphatic carbocycles. The minimum absolute atomic E-state index is 0.0120. The van der Waals surface area contributed by atoms with Crippen LogP contribution in [-0.2, 0) is 28.4 Å². The van der Waals surface area contributed by atoms with Gasteiger partial charge in [-0.3, -0.25) is 9.48 Å². The van der Waals surface area contributed by atoms with Gasteiger partial charge in [0.05, 0.1) is 24.5 Å². The second kappa shape index (κ2) is 9.55. The zero-order valence-corrected chi connectivity index (χ0v) is 18.5. The van der Waals surface area contributed by atoms with Crippen molar-refractivity contribution in [1.29, 1.82) is 0 Å². The monoisotopic (exact) mass is 427 g/mol. The Bertz CT molecular complexity index is 792. The highest BCUT2D eigenvalue weighted by Crippen LogP contribution is 2.25. The Morgan fingerprint density at radius 2 is 1.79 bits per heavy atom. The molecule has 29 heavy (non-hydrogen) atoms. The molecule has 0 unspecified atom stereocenters. The molecule has 164 valence electrons. The van der Waals surface area contributed by atoms with Gasteiger partial charge in [-0.2, -0.15) is 22.1 Å². The third-order valence-electron chi connectivity index (χ3n) is 5.85. The molecule has 9 nitrogen and oxygen atoms in total. The summed E-state index contributed by atoms with van der Waals surface area (Å²) in [7, 11) is -1.55. The molecule has 0 bridgehead atoms. The summed E-state index contributed by atoms with van der Waals surface area (Å²) in [5.41, 5.74) is 1.47. The molecule has 3 heterocycles. The Morgan fingerprint density at radius 1 is 1.17 bits per heavy atom.